The minimum Gasteiger partial charge on any atom is -0.462 e. The van der Waals surface area contributed by atoms with Crippen molar-refractivity contribution in [2.45, 2.75) is 174 Å². The maximum atomic E-state index is 12.5. The summed E-state index contributed by atoms with van der Waals surface area (Å²) in [6.45, 7) is 6.46. The van der Waals surface area contributed by atoms with Crippen molar-refractivity contribution >= 4 is 18.4 Å². The fraction of sp³-hybridized carbons (Fsp3) is 0.821. The van der Waals surface area contributed by atoms with E-state index >= 15 is 0 Å². The number of hydrogen-bond donors (Lipinski definition) is 0. The van der Waals surface area contributed by atoms with Crippen molar-refractivity contribution in [3.05, 3.63) is 24.3 Å². The van der Waals surface area contributed by atoms with Gasteiger partial charge in [0.05, 0.1) is 0 Å². The van der Waals surface area contributed by atoms with Crippen molar-refractivity contribution in [1.29, 1.82) is 0 Å². The highest BCUT2D eigenvalue weighted by Gasteiger charge is 2.14. The van der Waals surface area contributed by atoms with Crippen molar-refractivity contribution < 1.29 is 19.2 Å². The second kappa shape index (κ2) is 37.3. The van der Waals surface area contributed by atoms with Crippen LogP contribution in [0.4, 0.5) is 0 Å². The summed E-state index contributed by atoms with van der Waals surface area (Å²) < 4.78 is 5.96. The lowest BCUT2D eigenvalue weighted by Crippen LogP contribution is -2.20. The third kappa shape index (κ3) is 36.3. The van der Waals surface area contributed by atoms with E-state index in [9.17, 15) is 4.79 Å². The molecule has 0 unspecified atom stereocenters. The number of nitrogens with zero attached hydrogens (tertiary/aromatic N) is 3. The summed E-state index contributed by atoms with van der Waals surface area (Å²) in [6.07, 6.45) is 39.3. The van der Waals surface area contributed by atoms with Gasteiger partial charge in [0.15, 0.2) is 0 Å². The molecule has 0 saturated heterocycles. The molecule has 46 heavy (non-hydrogen) atoms. The lowest BCUT2D eigenvalue weighted by Gasteiger charge is -2.18. The number of carbonyl (C=O) groups is 1. The molecule has 7 nitrogen and oxygen atoms in total. The third-order valence-electron chi connectivity index (χ3n) is 7.92. The second-order valence-corrected chi connectivity index (χ2v) is 12.8. The number of esters is 1. The van der Waals surface area contributed by atoms with Crippen LogP contribution in [0.3, 0.4) is 0 Å². The molecule has 0 heterocycles. The zero-order valence-electron chi connectivity index (χ0n) is 30.6. The van der Waals surface area contributed by atoms with Gasteiger partial charge in [-0.1, -0.05) is 113 Å². The number of allylic oxidation sites excluding steroid dienone is 2. The van der Waals surface area contributed by atoms with Crippen LogP contribution in [-0.2, 0) is 19.2 Å². The van der Waals surface area contributed by atoms with Crippen LogP contribution in [0.15, 0.2) is 34.6 Å². The summed E-state index contributed by atoms with van der Waals surface area (Å²) >= 11 is 0. The molecule has 0 radical (unpaired) electrons. The van der Waals surface area contributed by atoms with Crippen molar-refractivity contribution in [2.75, 3.05) is 33.9 Å². The van der Waals surface area contributed by atoms with Crippen LogP contribution in [0.25, 0.3) is 0 Å². The average molecular weight is 648 g/mol. The fourth-order valence-corrected chi connectivity index (χ4v) is 5.07. The minimum absolute atomic E-state index is 0.0248. The Kier molecular flexibility index (Phi) is 35.6. The maximum absolute atomic E-state index is 12.5. The highest BCUT2D eigenvalue weighted by molar-refractivity contribution is 5.69. The Morgan fingerprint density at radius 3 is 1.50 bits per heavy atom. The first-order valence-electron chi connectivity index (χ1n) is 19.0. The van der Waals surface area contributed by atoms with Crippen LogP contribution in [0.5, 0.6) is 0 Å². The first-order chi connectivity index (χ1) is 22.6. The molecule has 0 aromatic rings. The van der Waals surface area contributed by atoms with Gasteiger partial charge in [0, 0.05) is 18.9 Å². The molecule has 0 aliphatic rings. The Balaban J connectivity index is 4.00. The minimum atomic E-state index is -0.0248. The Labute approximate surface area is 284 Å². The summed E-state index contributed by atoms with van der Waals surface area (Å²) in [6, 6.07) is 0. The van der Waals surface area contributed by atoms with E-state index in [4.69, 9.17) is 14.4 Å². The predicted octanol–water partition coefficient (Wildman–Crippen LogP) is 11.0. The molecule has 0 bridgehead atoms. The molecule has 0 spiro atoms. The number of rotatable bonds is 35. The molecule has 0 aliphatic carbocycles. The second-order valence-electron chi connectivity index (χ2n) is 12.8. The van der Waals surface area contributed by atoms with E-state index in [0.29, 0.717) is 19.6 Å². The normalized spacial score (nSPS) is 12.2. The number of unbranched alkanes of at least 4 members (excludes halogenated alkanes) is 16. The van der Waals surface area contributed by atoms with E-state index in [0.717, 1.165) is 77.2 Å². The molecule has 0 aromatic carbocycles. The summed E-state index contributed by atoms with van der Waals surface area (Å²) in [5.41, 5.74) is 0. The van der Waals surface area contributed by atoms with Crippen molar-refractivity contribution in [1.82, 2.24) is 4.90 Å². The van der Waals surface area contributed by atoms with Gasteiger partial charge in [-0.05, 0) is 103 Å². The van der Waals surface area contributed by atoms with Gasteiger partial charge in [0.2, 0.25) is 0 Å². The van der Waals surface area contributed by atoms with Crippen molar-refractivity contribution in [3.8, 4) is 0 Å². The van der Waals surface area contributed by atoms with Gasteiger partial charge in [-0.3, -0.25) is 4.79 Å². The molecule has 0 fully saturated rings. The van der Waals surface area contributed by atoms with Gasteiger partial charge >= 0.3 is 5.97 Å². The Morgan fingerprint density at radius 2 is 1.04 bits per heavy atom. The van der Waals surface area contributed by atoms with Gasteiger partial charge in [0.1, 0.15) is 19.3 Å². The Morgan fingerprint density at radius 1 is 0.587 bits per heavy atom. The highest BCUT2D eigenvalue weighted by Crippen LogP contribution is 2.18. The van der Waals surface area contributed by atoms with Crippen LogP contribution in [0.1, 0.15) is 168 Å². The third-order valence-corrected chi connectivity index (χ3v) is 7.92. The molecule has 0 aliphatic heterocycles. The van der Waals surface area contributed by atoms with Crippen LogP contribution in [0, 0.1) is 0 Å². The first-order valence-corrected chi connectivity index (χ1v) is 19.0. The van der Waals surface area contributed by atoms with E-state index in [1.165, 1.54) is 77.0 Å². The summed E-state index contributed by atoms with van der Waals surface area (Å²) in [7, 11) is 4.09. The predicted molar refractivity (Wildman–Crippen MR) is 198 cm³/mol. The molecule has 0 saturated carbocycles. The lowest BCUT2D eigenvalue weighted by molar-refractivity contribution is -0.150. The van der Waals surface area contributed by atoms with E-state index in [1.54, 1.807) is 0 Å². The van der Waals surface area contributed by atoms with Gasteiger partial charge in [0.25, 0.3) is 0 Å². The van der Waals surface area contributed by atoms with Gasteiger partial charge in [-0.2, -0.15) is 0 Å². The van der Waals surface area contributed by atoms with Gasteiger partial charge < -0.3 is 19.3 Å². The number of oxime groups is 2. The Hall–Kier alpha value is -2.15. The van der Waals surface area contributed by atoms with Gasteiger partial charge in [-0.25, -0.2) is 0 Å². The van der Waals surface area contributed by atoms with Crippen molar-refractivity contribution in [3.63, 3.8) is 0 Å². The molecular formula is C39H73N3O4. The topological polar surface area (TPSA) is 72.7 Å². The van der Waals surface area contributed by atoms with Crippen LogP contribution in [-0.4, -0.2) is 63.3 Å². The molecule has 268 valence electrons. The monoisotopic (exact) mass is 648 g/mol. The van der Waals surface area contributed by atoms with Gasteiger partial charge in [-0.15, -0.1) is 0 Å². The van der Waals surface area contributed by atoms with E-state index in [-0.39, 0.29) is 12.1 Å². The molecule has 0 amide bonds. The summed E-state index contributed by atoms with van der Waals surface area (Å²) in [5.74, 6) is -0.0248. The Bertz CT molecular complexity index is 704. The molecule has 0 N–H and O–H groups in total. The molecule has 7 heteroatoms. The highest BCUT2D eigenvalue weighted by atomic mass is 16.6. The molecular weight excluding hydrogens is 574 g/mol. The number of ether oxygens (including phenoxy) is 1. The standard InChI is InChI=1S/C39H73N3O4/c1-5-7-9-21-27-36-44-40-33-25-19-15-11-13-17-23-30-38(46-39(43)32-29-35-42(3)4)31-24-18-14-12-16-20-26-34-41-45-37-28-22-10-8-6-2/h21-22,27-28,33-34,38H,5-20,23-26,29-32,35-37H2,1-4H3/b27-21+,28-22+,40-33+,41-34+. The first kappa shape index (κ1) is 43.9. The summed E-state index contributed by atoms with van der Waals surface area (Å²) in [5, 5.41) is 8.10. The van der Waals surface area contributed by atoms with E-state index in [1.807, 2.05) is 26.5 Å². The van der Waals surface area contributed by atoms with E-state index in [2.05, 4.69) is 53.4 Å². The zero-order chi connectivity index (χ0) is 33.6. The summed E-state index contributed by atoms with van der Waals surface area (Å²) in [4.78, 5) is 25.2. The fourth-order valence-electron chi connectivity index (χ4n) is 5.07. The lowest BCUT2D eigenvalue weighted by atomic mass is 10.0. The average Bonchev–Trinajstić information content (AvgIpc) is 3.04. The molecule has 0 atom stereocenters. The van der Waals surface area contributed by atoms with Crippen LogP contribution < -0.4 is 0 Å². The van der Waals surface area contributed by atoms with Crippen LogP contribution >= 0.6 is 0 Å². The zero-order valence-corrected chi connectivity index (χ0v) is 30.6. The number of hydrogen-bond acceptors (Lipinski definition) is 7. The maximum Gasteiger partial charge on any atom is 0.306 e. The van der Waals surface area contributed by atoms with Crippen LogP contribution in [0.2, 0.25) is 0 Å². The molecule has 0 aromatic heterocycles. The van der Waals surface area contributed by atoms with E-state index < -0.39 is 0 Å². The SMILES string of the molecule is CCCC/C=C/CO/N=C/CCCCCCCCC(CCCCCCCC/C=N/OC/C=C/CCCC)OC(=O)CCCN(C)C. The van der Waals surface area contributed by atoms with Crippen molar-refractivity contribution in [2.24, 2.45) is 10.3 Å². The number of carbonyl (C=O) groups excluding carboxylic acids is 1. The molecule has 0 rings (SSSR count). The largest absolute Gasteiger partial charge is 0.462 e. The smallest absolute Gasteiger partial charge is 0.306 e. The quantitative estimate of drug-likeness (QED) is 0.0225.